The summed E-state index contributed by atoms with van der Waals surface area (Å²) >= 11 is 0. The van der Waals surface area contributed by atoms with E-state index in [2.05, 4.69) is 12.2 Å². The van der Waals surface area contributed by atoms with Crippen LogP contribution in [0.5, 0.6) is 0 Å². The summed E-state index contributed by atoms with van der Waals surface area (Å²) in [7, 11) is 0. The standard InChI is InChI=1S/C11H17NO4/c1-6-4-7(6)5-12-10(13)8-2-3-9(16-8)11(14)15/h6-9H,2-5H2,1H3,(H,12,13)(H,14,15)/t6?,7?,8-,9+/m0/s1. The van der Waals surface area contributed by atoms with E-state index in [0.717, 1.165) is 0 Å². The predicted octanol–water partition coefficient (Wildman–Crippen LogP) is 0.391. The van der Waals surface area contributed by atoms with Gasteiger partial charge in [-0.15, -0.1) is 0 Å². The lowest BCUT2D eigenvalue weighted by molar-refractivity contribution is -0.151. The van der Waals surface area contributed by atoms with Crippen LogP contribution in [0.4, 0.5) is 0 Å². The highest BCUT2D eigenvalue weighted by Gasteiger charge is 2.36. The molecule has 5 heteroatoms. The van der Waals surface area contributed by atoms with Gasteiger partial charge in [0.1, 0.15) is 6.10 Å². The first-order valence-corrected chi connectivity index (χ1v) is 5.74. The van der Waals surface area contributed by atoms with Crippen LogP contribution in [0, 0.1) is 11.8 Å². The molecule has 2 rings (SSSR count). The largest absolute Gasteiger partial charge is 0.479 e. The first kappa shape index (κ1) is 11.4. The minimum absolute atomic E-state index is 0.164. The number of hydrogen-bond donors (Lipinski definition) is 2. The Kier molecular flexibility index (Phi) is 3.14. The summed E-state index contributed by atoms with van der Waals surface area (Å²) in [5.74, 6) is 0.158. The Morgan fingerprint density at radius 2 is 2.00 bits per heavy atom. The summed E-state index contributed by atoms with van der Waals surface area (Å²) in [4.78, 5) is 22.3. The molecule has 2 fully saturated rings. The van der Waals surface area contributed by atoms with Crippen LogP contribution in [0.2, 0.25) is 0 Å². The fourth-order valence-corrected chi connectivity index (χ4v) is 2.04. The molecular weight excluding hydrogens is 210 g/mol. The Balaban J connectivity index is 1.71. The third kappa shape index (κ3) is 2.52. The van der Waals surface area contributed by atoms with Crippen molar-refractivity contribution in [2.24, 2.45) is 11.8 Å². The maximum Gasteiger partial charge on any atom is 0.332 e. The molecule has 1 aliphatic carbocycles. The quantitative estimate of drug-likeness (QED) is 0.728. The van der Waals surface area contributed by atoms with E-state index < -0.39 is 18.2 Å². The van der Waals surface area contributed by atoms with Gasteiger partial charge in [-0.25, -0.2) is 4.79 Å². The molecule has 1 saturated heterocycles. The van der Waals surface area contributed by atoms with Gasteiger partial charge >= 0.3 is 5.97 Å². The number of nitrogens with one attached hydrogen (secondary N) is 1. The van der Waals surface area contributed by atoms with Crippen LogP contribution < -0.4 is 5.32 Å². The second kappa shape index (κ2) is 4.41. The van der Waals surface area contributed by atoms with Crippen LogP contribution in [0.15, 0.2) is 0 Å². The van der Waals surface area contributed by atoms with Crippen molar-refractivity contribution in [3.63, 3.8) is 0 Å². The van der Waals surface area contributed by atoms with Gasteiger partial charge in [-0.05, 0) is 31.1 Å². The summed E-state index contributed by atoms with van der Waals surface area (Å²) in [5.41, 5.74) is 0. The molecule has 16 heavy (non-hydrogen) atoms. The third-order valence-corrected chi connectivity index (χ3v) is 3.40. The van der Waals surface area contributed by atoms with E-state index in [1.165, 1.54) is 6.42 Å². The summed E-state index contributed by atoms with van der Waals surface area (Å²) in [6.07, 6.45) is 0.713. The highest BCUT2D eigenvalue weighted by Crippen LogP contribution is 2.36. The van der Waals surface area contributed by atoms with Crippen molar-refractivity contribution < 1.29 is 19.4 Å². The van der Waals surface area contributed by atoms with E-state index in [1.54, 1.807) is 0 Å². The van der Waals surface area contributed by atoms with Gasteiger partial charge < -0.3 is 15.2 Å². The van der Waals surface area contributed by atoms with Crippen molar-refractivity contribution in [1.82, 2.24) is 5.32 Å². The predicted molar refractivity (Wildman–Crippen MR) is 55.8 cm³/mol. The molecule has 0 aromatic rings. The van der Waals surface area contributed by atoms with Gasteiger partial charge in [-0.1, -0.05) is 6.92 Å². The van der Waals surface area contributed by atoms with E-state index >= 15 is 0 Å². The monoisotopic (exact) mass is 227 g/mol. The number of ether oxygens (including phenoxy) is 1. The fourth-order valence-electron chi connectivity index (χ4n) is 2.04. The normalized spacial score (nSPS) is 37.1. The SMILES string of the molecule is CC1CC1CNC(=O)[C@@H]1CC[C@H](C(=O)O)O1. The summed E-state index contributed by atoms with van der Waals surface area (Å²) < 4.78 is 5.15. The van der Waals surface area contributed by atoms with Gasteiger partial charge in [0.15, 0.2) is 6.10 Å². The molecule has 4 atom stereocenters. The Morgan fingerprint density at radius 3 is 2.50 bits per heavy atom. The lowest BCUT2D eigenvalue weighted by Gasteiger charge is -2.11. The van der Waals surface area contributed by atoms with Crippen molar-refractivity contribution in [3.8, 4) is 0 Å². The van der Waals surface area contributed by atoms with Gasteiger partial charge in [0.05, 0.1) is 0 Å². The number of carboxylic acids is 1. The number of carboxylic acid groups (broad SMARTS) is 1. The van der Waals surface area contributed by atoms with Crippen LogP contribution in [0.3, 0.4) is 0 Å². The molecule has 2 N–H and O–H groups in total. The molecule has 1 heterocycles. The van der Waals surface area contributed by atoms with Crippen LogP contribution in [-0.2, 0) is 14.3 Å². The molecule has 1 amide bonds. The minimum Gasteiger partial charge on any atom is -0.479 e. The Hall–Kier alpha value is -1.10. The molecule has 1 saturated carbocycles. The molecule has 1 aliphatic heterocycles. The Morgan fingerprint density at radius 1 is 1.38 bits per heavy atom. The van der Waals surface area contributed by atoms with E-state index in [4.69, 9.17) is 9.84 Å². The molecule has 2 unspecified atom stereocenters. The molecule has 0 bridgehead atoms. The molecule has 2 aliphatic rings. The number of carbonyl (C=O) groups is 2. The zero-order valence-corrected chi connectivity index (χ0v) is 9.31. The Labute approximate surface area is 94.2 Å². The van der Waals surface area contributed by atoms with Crippen molar-refractivity contribution in [3.05, 3.63) is 0 Å². The average Bonchev–Trinajstić information content (AvgIpc) is 2.78. The van der Waals surface area contributed by atoms with Gasteiger partial charge in [0, 0.05) is 6.54 Å². The zero-order chi connectivity index (χ0) is 11.7. The first-order chi connectivity index (χ1) is 7.58. The van der Waals surface area contributed by atoms with Crippen molar-refractivity contribution in [2.75, 3.05) is 6.54 Å². The van der Waals surface area contributed by atoms with Gasteiger partial charge in [0.25, 0.3) is 0 Å². The topological polar surface area (TPSA) is 75.6 Å². The van der Waals surface area contributed by atoms with Gasteiger partial charge in [-0.2, -0.15) is 0 Å². The number of rotatable bonds is 4. The number of carbonyl (C=O) groups excluding carboxylic acids is 1. The van der Waals surface area contributed by atoms with Crippen LogP contribution in [-0.4, -0.2) is 35.7 Å². The lowest BCUT2D eigenvalue weighted by Crippen LogP contribution is -2.36. The Bertz CT molecular complexity index is 304. The average molecular weight is 227 g/mol. The molecule has 0 radical (unpaired) electrons. The molecule has 0 aromatic carbocycles. The summed E-state index contributed by atoms with van der Waals surface area (Å²) in [6.45, 7) is 2.85. The summed E-state index contributed by atoms with van der Waals surface area (Å²) in [5, 5.41) is 11.5. The first-order valence-electron chi connectivity index (χ1n) is 5.74. The van der Waals surface area contributed by atoms with Crippen molar-refractivity contribution >= 4 is 11.9 Å². The van der Waals surface area contributed by atoms with E-state index in [9.17, 15) is 9.59 Å². The minimum atomic E-state index is -0.980. The maximum atomic E-state index is 11.6. The molecule has 5 nitrogen and oxygen atoms in total. The van der Waals surface area contributed by atoms with E-state index in [-0.39, 0.29) is 5.91 Å². The second-order valence-electron chi connectivity index (χ2n) is 4.75. The van der Waals surface area contributed by atoms with Crippen molar-refractivity contribution in [2.45, 2.75) is 38.4 Å². The molecule has 0 spiro atoms. The third-order valence-electron chi connectivity index (χ3n) is 3.40. The van der Waals surface area contributed by atoms with Gasteiger partial charge in [0.2, 0.25) is 5.91 Å². The van der Waals surface area contributed by atoms with Crippen LogP contribution in [0.1, 0.15) is 26.2 Å². The van der Waals surface area contributed by atoms with Crippen molar-refractivity contribution in [1.29, 1.82) is 0 Å². The van der Waals surface area contributed by atoms with E-state index in [0.29, 0.717) is 31.2 Å². The fraction of sp³-hybridized carbons (Fsp3) is 0.818. The number of aliphatic carboxylic acids is 1. The highest BCUT2D eigenvalue weighted by molar-refractivity contribution is 5.82. The molecule has 90 valence electrons. The molecule has 0 aromatic heterocycles. The number of hydrogen-bond acceptors (Lipinski definition) is 3. The zero-order valence-electron chi connectivity index (χ0n) is 9.31. The highest BCUT2D eigenvalue weighted by atomic mass is 16.5. The molecular formula is C11H17NO4. The maximum absolute atomic E-state index is 11.6. The summed E-state index contributed by atoms with van der Waals surface area (Å²) in [6, 6.07) is 0. The van der Waals surface area contributed by atoms with Crippen LogP contribution >= 0.6 is 0 Å². The second-order valence-corrected chi connectivity index (χ2v) is 4.75. The van der Waals surface area contributed by atoms with Gasteiger partial charge in [-0.3, -0.25) is 4.79 Å². The smallest absolute Gasteiger partial charge is 0.332 e. The number of amides is 1. The van der Waals surface area contributed by atoms with Crippen LogP contribution in [0.25, 0.3) is 0 Å². The van der Waals surface area contributed by atoms with E-state index in [1.807, 2.05) is 0 Å². The lowest BCUT2D eigenvalue weighted by atomic mass is 10.2.